The maximum Gasteiger partial charge on any atom is 0.407 e. The molecule has 0 radical (unpaired) electrons. The Morgan fingerprint density at radius 2 is 1.77 bits per heavy atom. The molecule has 0 aromatic heterocycles. The van der Waals surface area contributed by atoms with Gasteiger partial charge in [0.2, 0.25) is 5.91 Å². The van der Waals surface area contributed by atoms with Crippen molar-refractivity contribution in [3.63, 3.8) is 0 Å². The Bertz CT molecular complexity index is 1380. The van der Waals surface area contributed by atoms with E-state index in [4.69, 9.17) is 18.9 Å². The molecule has 0 bridgehead atoms. The molecule has 1 unspecified atom stereocenters. The number of amides is 2. The lowest BCUT2D eigenvalue weighted by molar-refractivity contribution is -0.152. The van der Waals surface area contributed by atoms with Gasteiger partial charge >= 0.3 is 12.1 Å². The van der Waals surface area contributed by atoms with E-state index >= 15 is 0 Å². The first-order chi connectivity index (χ1) is 20.1. The summed E-state index contributed by atoms with van der Waals surface area (Å²) in [6.07, 6.45) is 3.63. The Morgan fingerprint density at radius 3 is 2.33 bits per heavy atom. The molecule has 1 heterocycles. The molecule has 43 heavy (non-hydrogen) atoms. The Balaban J connectivity index is 1.98. The summed E-state index contributed by atoms with van der Waals surface area (Å²) in [6, 6.07) is 7.89. The van der Waals surface area contributed by atoms with Crippen molar-refractivity contribution in [1.29, 1.82) is 0 Å². The second-order valence-corrected chi connectivity index (χ2v) is 12.9. The molecule has 1 fully saturated rings. The van der Waals surface area contributed by atoms with Crippen molar-refractivity contribution in [2.45, 2.75) is 65.1 Å². The third-order valence-corrected chi connectivity index (χ3v) is 8.07. The summed E-state index contributed by atoms with van der Waals surface area (Å²) in [7, 11) is 4.47. The number of ether oxygens (including phenoxy) is 4. The molecular weight excluding hydrogens is 548 g/mol. The van der Waals surface area contributed by atoms with Crippen molar-refractivity contribution >= 4 is 34.8 Å². The quantitative estimate of drug-likeness (QED) is 0.257. The van der Waals surface area contributed by atoms with Crippen LogP contribution in [0.1, 0.15) is 58.6 Å². The van der Waals surface area contributed by atoms with Crippen molar-refractivity contribution in [2.24, 2.45) is 10.8 Å². The highest BCUT2D eigenvalue weighted by atomic mass is 16.5. The number of benzene rings is 2. The lowest BCUT2D eigenvalue weighted by Gasteiger charge is -2.35. The smallest absolute Gasteiger partial charge is 0.407 e. The average Bonchev–Trinajstić information content (AvgIpc) is 3.38. The second-order valence-electron chi connectivity index (χ2n) is 12.9. The molecule has 1 saturated heterocycles. The van der Waals surface area contributed by atoms with Crippen LogP contribution >= 0.6 is 0 Å². The first-order valence-electron chi connectivity index (χ1n) is 14.4. The Morgan fingerprint density at radius 1 is 1.07 bits per heavy atom. The van der Waals surface area contributed by atoms with Crippen molar-refractivity contribution < 1.29 is 33.3 Å². The number of esters is 1. The molecule has 0 aliphatic carbocycles. The predicted octanol–water partition coefficient (Wildman–Crippen LogP) is 5.85. The highest BCUT2D eigenvalue weighted by Gasteiger charge is 2.53. The largest absolute Gasteiger partial charge is 0.496 e. The number of likely N-dealkylation sites (tertiary alicyclic amines) is 1. The minimum Gasteiger partial charge on any atom is -0.496 e. The summed E-state index contributed by atoms with van der Waals surface area (Å²) in [5, 5.41) is 4.66. The number of alkyl carbamates (subject to hydrolysis) is 1. The number of carbonyl (C=O) groups excluding carboxylic acids is 3. The van der Waals surface area contributed by atoms with Gasteiger partial charge in [0, 0.05) is 24.5 Å². The third-order valence-electron chi connectivity index (χ3n) is 8.07. The second kappa shape index (κ2) is 13.2. The maximum atomic E-state index is 14.2. The van der Waals surface area contributed by atoms with Crippen LogP contribution in [-0.4, -0.2) is 69.4 Å². The Labute approximate surface area is 255 Å². The first-order valence-corrected chi connectivity index (χ1v) is 14.4. The molecule has 9 heteroatoms. The molecule has 1 aliphatic rings. The van der Waals surface area contributed by atoms with E-state index in [-0.39, 0.29) is 25.0 Å². The Hall–Kier alpha value is -3.85. The Kier molecular flexibility index (Phi) is 10.3. The summed E-state index contributed by atoms with van der Waals surface area (Å²) < 4.78 is 22.2. The van der Waals surface area contributed by atoms with E-state index in [0.29, 0.717) is 12.2 Å². The van der Waals surface area contributed by atoms with Crippen LogP contribution in [0.25, 0.3) is 16.8 Å². The fourth-order valence-electron chi connectivity index (χ4n) is 5.52. The van der Waals surface area contributed by atoms with Crippen LogP contribution in [-0.2, 0) is 29.4 Å². The fourth-order valence-corrected chi connectivity index (χ4v) is 5.52. The van der Waals surface area contributed by atoms with Crippen molar-refractivity contribution in [3.8, 4) is 5.75 Å². The van der Waals surface area contributed by atoms with Crippen LogP contribution < -0.4 is 10.1 Å². The van der Waals surface area contributed by atoms with Crippen molar-refractivity contribution in [1.82, 2.24) is 10.2 Å². The summed E-state index contributed by atoms with van der Waals surface area (Å²) in [4.78, 5) is 41.7. The topological polar surface area (TPSA) is 103 Å². The van der Waals surface area contributed by atoms with E-state index in [0.717, 1.165) is 21.9 Å². The SMILES string of the molecule is C=CCC(C)(C)COC(=O)NC(C(=O)N1C[C@](OC)(c2ccc3cc(OC)c(C=C)cc3c2)C[C@H]1C(=O)OC)C(C)(C)C. The zero-order valence-electron chi connectivity index (χ0n) is 26.7. The minimum atomic E-state index is -1.01. The molecule has 3 atom stereocenters. The molecule has 234 valence electrons. The normalized spacial score (nSPS) is 19.4. The van der Waals surface area contributed by atoms with Gasteiger partial charge in [-0.05, 0) is 46.4 Å². The summed E-state index contributed by atoms with van der Waals surface area (Å²) >= 11 is 0. The van der Waals surface area contributed by atoms with Gasteiger partial charge in [0.05, 0.1) is 27.4 Å². The van der Waals surface area contributed by atoms with E-state index in [9.17, 15) is 14.4 Å². The van der Waals surface area contributed by atoms with E-state index in [1.807, 2.05) is 65.0 Å². The van der Waals surface area contributed by atoms with Gasteiger partial charge < -0.3 is 29.2 Å². The molecule has 2 aromatic rings. The number of hydrogen-bond donors (Lipinski definition) is 1. The van der Waals surface area contributed by atoms with Crippen LogP contribution in [0.2, 0.25) is 0 Å². The summed E-state index contributed by atoms with van der Waals surface area (Å²) in [5.74, 6) is -0.277. The summed E-state index contributed by atoms with van der Waals surface area (Å²) in [6.45, 7) is 17.3. The number of hydrogen-bond acceptors (Lipinski definition) is 7. The molecule has 2 amide bonds. The monoisotopic (exact) mass is 594 g/mol. The number of nitrogens with one attached hydrogen (secondary N) is 1. The number of nitrogens with zero attached hydrogens (tertiary/aromatic N) is 1. The standard InChI is InChI=1S/C34H46N2O7/c1-11-15-33(6,7)21-43-31(39)35-28(32(3,4)5)29(37)36-20-34(42-10,19-26(36)30(38)41-9)25-14-13-23-18-27(40-8)22(12-2)16-24(23)17-25/h11-14,16-18,26,28H,1-2,15,19-21H2,3-10H3,(H,35,39)/t26-,28?,34-/m0/s1. The lowest BCUT2D eigenvalue weighted by atomic mass is 9.85. The van der Waals surface area contributed by atoms with Crippen LogP contribution in [0, 0.1) is 10.8 Å². The van der Waals surface area contributed by atoms with Gasteiger partial charge in [0.15, 0.2) is 0 Å². The molecule has 0 spiro atoms. The van der Waals surface area contributed by atoms with Gasteiger partial charge in [-0.3, -0.25) is 4.79 Å². The van der Waals surface area contributed by atoms with Crippen LogP contribution in [0.3, 0.4) is 0 Å². The van der Waals surface area contributed by atoms with Crippen LogP contribution in [0.15, 0.2) is 49.6 Å². The van der Waals surface area contributed by atoms with Crippen LogP contribution in [0.5, 0.6) is 5.75 Å². The van der Waals surface area contributed by atoms with Gasteiger partial charge in [-0.2, -0.15) is 0 Å². The average molecular weight is 595 g/mol. The molecule has 9 nitrogen and oxygen atoms in total. The third kappa shape index (κ3) is 7.39. The number of carbonyl (C=O) groups is 3. The first kappa shape index (κ1) is 33.6. The molecular formula is C34H46N2O7. The van der Waals surface area contributed by atoms with Gasteiger partial charge in [0.25, 0.3) is 0 Å². The minimum absolute atomic E-state index is 0.0771. The van der Waals surface area contributed by atoms with E-state index < -0.39 is 41.1 Å². The number of methoxy groups -OCH3 is 3. The van der Waals surface area contributed by atoms with Crippen molar-refractivity contribution in [3.05, 3.63) is 60.7 Å². The maximum absolute atomic E-state index is 14.2. The highest BCUT2D eigenvalue weighted by Crippen LogP contribution is 2.42. The molecule has 2 aromatic carbocycles. The fraction of sp³-hybridized carbons (Fsp3) is 0.500. The number of allylic oxidation sites excluding steroid dienone is 1. The van der Waals surface area contributed by atoms with E-state index in [2.05, 4.69) is 18.5 Å². The number of rotatable bonds is 11. The molecule has 3 rings (SSSR count). The highest BCUT2D eigenvalue weighted by molar-refractivity contribution is 5.92. The lowest BCUT2D eigenvalue weighted by Crippen LogP contribution is -2.57. The summed E-state index contributed by atoms with van der Waals surface area (Å²) in [5.41, 5.74) is -0.367. The predicted molar refractivity (Wildman–Crippen MR) is 168 cm³/mol. The van der Waals surface area contributed by atoms with Crippen molar-refractivity contribution in [2.75, 3.05) is 34.5 Å². The molecule has 1 N–H and O–H groups in total. The van der Waals surface area contributed by atoms with Gasteiger partial charge in [-0.15, -0.1) is 6.58 Å². The van der Waals surface area contributed by atoms with E-state index in [1.54, 1.807) is 26.4 Å². The molecule has 0 saturated carbocycles. The van der Waals surface area contributed by atoms with Gasteiger partial charge in [-0.1, -0.05) is 65.5 Å². The van der Waals surface area contributed by atoms with Crippen LogP contribution in [0.4, 0.5) is 4.79 Å². The van der Waals surface area contributed by atoms with Gasteiger partial charge in [-0.25, -0.2) is 9.59 Å². The van der Waals surface area contributed by atoms with Gasteiger partial charge in [0.1, 0.15) is 23.4 Å². The van der Waals surface area contributed by atoms with E-state index in [1.165, 1.54) is 12.0 Å². The zero-order chi connectivity index (χ0) is 32.2. The zero-order valence-corrected chi connectivity index (χ0v) is 26.7. The molecule has 1 aliphatic heterocycles. The number of fused-ring (bicyclic) bond motifs is 1.